The summed E-state index contributed by atoms with van der Waals surface area (Å²) in [5.74, 6) is -0.666. The molecule has 0 nitrogen and oxygen atoms in total. The number of hydrogen-bond acceptors (Lipinski definition) is 0. The Morgan fingerprint density at radius 3 is 2.38 bits per heavy atom. The maximum Gasteiger partial charge on any atom is 0.166 e. The predicted octanol–water partition coefficient (Wildman–Crippen LogP) is 7.79. The van der Waals surface area contributed by atoms with E-state index in [0.29, 0.717) is 0 Å². The topological polar surface area (TPSA) is 0 Å². The van der Waals surface area contributed by atoms with Gasteiger partial charge in [-0.2, -0.15) is 0 Å². The van der Waals surface area contributed by atoms with Crippen LogP contribution in [0.5, 0.6) is 0 Å². The maximum atomic E-state index is 14.7. The first-order chi connectivity index (χ1) is 14.0. The van der Waals surface area contributed by atoms with E-state index in [1.165, 1.54) is 62.3 Å². The molecule has 0 spiro atoms. The third-order valence-electron chi connectivity index (χ3n) is 6.98. The predicted molar refractivity (Wildman–Crippen MR) is 112 cm³/mol. The molecule has 0 saturated heterocycles. The normalized spacial score (nSPS) is 21.6. The van der Waals surface area contributed by atoms with Crippen LogP contribution in [0.15, 0.2) is 42.0 Å². The molecule has 0 aliphatic heterocycles. The van der Waals surface area contributed by atoms with E-state index in [4.69, 9.17) is 0 Å². The number of benzene rings is 2. The molecule has 0 N–H and O–H groups in total. The van der Waals surface area contributed by atoms with E-state index in [1.807, 2.05) is 0 Å². The highest BCUT2D eigenvalue weighted by molar-refractivity contribution is 5.67. The van der Waals surface area contributed by atoms with Gasteiger partial charge in [-0.3, -0.25) is 0 Å². The van der Waals surface area contributed by atoms with Crippen molar-refractivity contribution in [3.05, 3.63) is 70.6 Å². The van der Waals surface area contributed by atoms with Crippen LogP contribution in [-0.4, -0.2) is 0 Å². The summed E-state index contributed by atoms with van der Waals surface area (Å²) in [5, 5.41) is 0. The molecular formula is C26H29F3. The van der Waals surface area contributed by atoms with Gasteiger partial charge in [-0.25, -0.2) is 13.2 Å². The van der Waals surface area contributed by atoms with E-state index in [2.05, 4.69) is 13.0 Å². The lowest BCUT2D eigenvalue weighted by Gasteiger charge is -2.28. The Hall–Kier alpha value is -2.03. The zero-order chi connectivity index (χ0) is 20.4. The largest absolute Gasteiger partial charge is 0.206 e. The van der Waals surface area contributed by atoms with Gasteiger partial charge in [0.1, 0.15) is 5.82 Å². The first kappa shape index (κ1) is 20.3. The average molecular weight is 399 g/mol. The van der Waals surface area contributed by atoms with Crippen LogP contribution in [0.3, 0.4) is 0 Å². The molecule has 0 aromatic heterocycles. The smallest absolute Gasteiger partial charge is 0.166 e. The summed E-state index contributed by atoms with van der Waals surface area (Å²) in [7, 11) is 0. The van der Waals surface area contributed by atoms with Crippen LogP contribution in [0.2, 0.25) is 0 Å². The van der Waals surface area contributed by atoms with Gasteiger partial charge in [0.15, 0.2) is 11.6 Å². The van der Waals surface area contributed by atoms with Crippen molar-refractivity contribution in [3.8, 4) is 11.1 Å². The van der Waals surface area contributed by atoms with Crippen LogP contribution in [0.4, 0.5) is 13.2 Å². The molecule has 29 heavy (non-hydrogen) atoms. The Morgan fingerprint density at radius 1 is 0.862 bits per heavy atom. The van der Waals surface area contributed by atoms with Gasteiger partial charge < -0.3 is 0 Å². The van der Waals surface area contributed by atoms with Crippen molar-refractivity contribution in [1.29, 1.82) is 0 Å². The van der Waals surface area contributed by atoms with Crippen LogP contribution in [0, 0.1) is 29.3 Å². The van der Waals surface area contributed by atoms with Crippen LogP contribution >= 0.6 is 0 Å². The molecule has 0 atom stereocenters. The molecule has 0 amide bonds. The van der Waals surface area contributed by atoms with Crippen molar-refractivity contribution in [2.24, 2.45) is 11.8 Å². The second-order valence-electron chi connectivity index (χ2n) is 8.78. The zero-order valence-corrected chi connectivity index (χ0v) is 17.1. The Labute approximate surface area is 171 Å². The Bertz CT molecular complexity index is 904. The third kappa shape index (κ3) is 4.44. The van der Waals surface area contributed by atoms with Crippen molar-refractivity contribution in [2.75, 3.05) is 0 Å². The van der Waals surface area contributed by atoms with E-state index in [0.717, 1.165) is 48.3 Å². The summed E-state index contributed by atoms with van der Waals surface area (Å²) in [6, 6.07) is 7.12. The minimum Gasteiger partial charge on any atom is -0.206 e. The van der Waals surface area contributed by atoms with Gasteiger partial charge in [-0.15, -0.1) is 0 Å². The molecule has 2 aliphatic carbocycles. The molecular weight excluding hydrogens is 369 g/mol. The highest BCUT2D eigenvalue weighted by Crippen LogP contribution is 2.36. The van der Waals surface area contributed by atoms with E-state index in [1.54, 1.807) is 6.07 Å². The molecule has 154 valence electrons. The summed E-state index contributed by atoms with van der Waals surface area (Å²) < 4.78 is 42.4. The molecule has 2 aromatic rings. The summed E-state index contributed by atoms with van der Waals surface area (Å²) in [6.45, 7) is 2.29. The molecule has 4 rings (SSSR count). The highest BCUT2D eigenvalue weighted by atomic mass is 19.2. The molecule has 0 unspecified atom stereocenters. The fourth-order valence-corrected chi connectivity index (χ4v) is 5.01. The fraction of sp³-hybridized carbons (Fsp3) is 0.462. The van der Waals surface area contributed by atoms with E-state index < -0.39 is 17.5 Å². The quantitative estimate of drug-likeness (QED) is 0.451. The van der Waals surface area contributed by atoms with Gasteiger partial charge in [0.2, 0.25) is 0 Å². The second kappa shape index (κ2) is 8.77. The SMILES string of the molecule is CCC1CCC(CCC2=CCc3cc(-c4cccc(F)c4F)c(F)cc3C2)CC1. The van der Waals surface area contributed by atoms with Crippen molar-refractivity contribution in [1.82, 2.24) is 0 Å². The molecule has 0 radical (unpaired) electrons. The number of halogens is 3. The lowest BCUT2D eigenvalue weighted by Crippen LogP contribution is -2.14. The lowest BCUT2D eigenvalue weighted by molar-refractivity contribution is 0.258. The standard InChI is InChI=1S/C26H29F3/c1-2-17-6-8-18(9-7-17)10-11-19-12-13-20-15-23(25(28)16-21(20)14-19)22-4-3-5-24(27)26(22)29/h3-5,12,15-18H,2,6-11,13-14H2,1H3. The molecule has 0 heterocycles. The Morgan fingerprint density at radius 2 is 1.62 bits per heavy atom. The van der Waals surface area contributed by atoms with Gasteiger partial charge in [0.05, 0.1) is 0 Å². The van der Waals surface area contributed by atoms with Crippen LogP contribution < -0.4 is 0 Å². The minimum atomic E-state index is -0.990. The third-order valence-corrected chi connectivity index (χ3v) is 6.98. The number of hydrogen-bond donors (Lipinski definition) is 0. The number of allylic oxidation sites excluding steroid dienone is 2. The van der Waals surface area contributed by atoms with Gasteiger partial charge in [0.25, 0.3) is 0 Å². The molecule has 2 aliphatic rings. The van der Waals surface area contributed by atoms with Gasteiger partial charge in [-0.1, -0.05) is 62.8 Å². The van der Waals surface area contributed by atoms with Gasteiger partial charge >= 0.3 is 0 Å². The van der Waals surface area contributed by atoms with Crippen LogP contribution in [0.25, 0.3) is 11.1 Å². The van der Waals surface area contributed by atoms with Crippen molar-refractivity contribution in [3.63, 3.8) is 0 Å². The van der Waals surface area contributed by atoms with Crippen molar-refractivity contribution in [2.45, 2.75) is 64.7 Å². The minimum absolute atomic E-state index is 0.0113. The van der Waals surface area contributed by atoms with Crippen LogP contribution in [0.1, 0.15) is 63.0 Å². The lowest BCUT2D eigenvalue weighted by atomic mass is 9.78. The second-order valence-corrected chi connectivity index (χ2v) is 8.78. The van der Waals surface area contributed by atoms with Gasteiger partial charge in [0, 0.05) is 11.1 Å². The molecule has 2 aromatic carbocycles. The summed E-state index contributed by atoms with van der Waals surface area (Å²) in [4.78, 5) is 0. The first-order valence-corrected chi connectivity index (χ1v) is 11.0. The summed E-state index contributed by atoms with van der Waals surface area (Å²) >= 11 is 0. The Balaban J connectivity index is 1.44. The number of rotatable bonds is 5. The summed E-state index contributed by atoms with van der Waals surface area (Å²) in [6.07, 6.45) is 12.8. The zero-order valence-electron chi connectivity index (χ0n) is 17.1. The fourth-order valence-electron chi connectivity index (χ4n) is 5.01. The van der Waals surface area contributed by atoms with E-state index in [9.17, 15) is 13.2 Å². The van der Waals surface area contributed by atoms with Crippen LogP contribution in [-0.2, 0) is 12.8 Å². The van der Waals surface area contributed by atoms with Gasteiger partial charge in [-0.05, 0) is 66.8 Å². The Kier molecular flexibility index (Phi) is 6.12. The van der Waals surface area contributed by atoms with E-state index in [-0.39, 0.29) is 11.1 Å². The van der Waals surface area contributed by atoms with E-state index >= 15 is 0 Å². The average Bonchev–Trinajstić information content (AvgIpc) is 2.74. The maximum absolute atomic E-state index is 14.7. The molecule has 3 heteroatoms. The van der Waals surface area contributed by atoms with Crippen molar-refractivity contribution < 1.29 is 13.2 Å². The molecule has 0 bridgehead atoms. The first-order valence-electron chi connectivity index (χ1n) is 11.0. The summed E-state index contributed by atoms with van der Waals surface area (Å²) in [5.41, 5.74) is 3.51. The highest BCUT2D eigenvalue weighted by Gasteiger charge is 2.22. The monoisotopic (exact) mass is 398 g/mol. The van der Waals surface area contributed by atoms with Crippen molar-refractivity contribution >= 4 is 0 Å². The molecule has 1 fully saturated rings. The molecule has 1 saturated carbocycles. The number of fused-ring (bicyclic) bond motifs is 1.